The van der Waals surface area contributed by atoms with Gasteiger partial charge in [0.15, 0.2) is 17.3 Å². The Hall–Kier alpha value is -4.00. The molecule has 158 valence electrons. The fourth-order valence-corrected chi connectivity index (χ4v) is 3.18. The molecule has 0 saturated heterocycles. The van der Waals surface area contributed by atoms with Gasteiger partial charge in [-0.15, -0.1) is 0 Å². The van der Waals surface area contributed by atoms with Gasteiger partial charge in [-0.25, -0.2) is 4.98 Å². The third-order valence-corrected chi connectivity index (χ3v) is 4.83. The highest BCUT2D eigenvalue weighted by Crippen LogP contribution is 2.31. The molecule has 0 aliphatic heterocycles. The molecule has 0 spiro atoms. The van der Waals surface area contributed by atoms with Crippen LogP contribution in [0, 0.1) is 0 Å². The van der Waals surface area contributed by atoms with E-state index in [1.807, 2.05) is 48.5 Å². The Bertz CT molecular complexity index is 1160. The van der Waals surface area contributed by atoms with Crippen LogP contribution in [0.2, 0.25) is 0 Å². The summed E-state index contributed by atoms with van der Waals surface area (Å²) in [6.45, 7) is 0.449. The predicted molar refractivity (Wildman–Crippen MR) is 117 cm³/mol. The lowest BCUT2D eigenvalue weighted by molar-refractivity contribution is 0.300. The van der Waals surface area contributed by atoms with Crippen LogP contribution in [-0.4, -0.2) is 24.4 Å². The van der Waals surface area contributed by atoms with Crippen LogP contribution in [-0.2, 0) is 13.0 Å². The fraction of sp³-hybridized carbons (Fsp3) is 0.167. The van der Waals surface area contributed by atoms with Crippen molar-refractivity contribution in [2.75, 3.05) is 20.0 Å². The summed E-state index contributed by atoms with van der Waals surface area (Å²) in [5.41, 5.74) is 9.65. The third-order valence-electron chi connectivity index (χ3n) is 4.83. The first-order valence-corrected chi connectivity index (χ1v) is 9.75. The van der Waals surface area contributed by atoms with Crippen LogP contribution in [0.4, 0.5) is 5.82 Å². The quantitative estimate of drug-likeness (QED) is 0.451. The number of pyridine rings is 1. The molecule has 0 radical (unpaired) electrons. The second kappa shape index (κ2) is 9.21. The van der Waals surface area contributed by atoms with Crippen LogP contribution >= 0.6 is 0 Å². The minimum absolute atomic E-state index is 0.420. The second-order valence-electron chi connectivity index (χ2n) is 6.92. The molecular weight excluding hydrogens is 394 g/mol. The lowest BCUT2D eigenvalue weighted by Gasteiger charge is -2.11. The van der Waals surface area contributed by atoms with Gasteiger partial charge in [-0.3, -0.25) is 0 Å². The zero-order valence-electron chi connectivity index (χ0n) is 17.4. The first kappa shape index (κ1) is 20.3. The van der Waals surface area contributed by atoms with Crippen LogP contribution in [0.15, 0.2) is 71.4 Å². The van der Waals surface area contributed by atoms with Crippen molar-refractivity contribution in [2.45, 2.75) is 13.0 Å². The fourth-order valence-electron chi connectivity index (χ4n) is 3.18. The normalized spacial score (nSPS) is 10.6. The maximum Gasteiger partial charge on any atom is 0.170 e. The van der Waals surface area contributed by atoms with Crippen molar-refractivity contribution in [2.24, 2.45) is 0 Å². The number of methoxy groups -OCH3 is 2. The molecule has 0 aliphatic carbocycles. The molecule has 2 N–H and O–H groups in total. The first-order chi connectivity index (χ1) is 15.2. The molecule has 31 heavy (non-hydrogen) atoms. The lowest BCUT2D eigenvalue weighted by Crippen LogP contribution is -1.97. The topological polar surface area (TPSA) is 92.6 Å². The van der Waals surface area contributed by atoms with Crippen molar-refractivity contribution in [1.82, 2.24) is 10.1 Å². The van der Waals surface area contributed by atoms with E-state index in [-0.39, 0.29) is 0 Å². The molecule has 7 nitrogen and oxygen atoms in total. The van der Waals surface area contributed by atoms with E-state index in [1.54, 1.807) is 20.4 Å². The molecule has 7 heteroatoms. The zero-order chi connectivity index (χ0) is 21.6. The molecule has 2 heterocycles. The van der Waals surface area contributed by atoms with E-state index in [2.05, 4.69) is 22.3 Å². The van der Waals surface area contributed by atoms with Gasteiger partial charge in [0.25, 0.3) is 0 Å². The molecule has 0 saturated carbocycles. The second-order valence-corrected chi connectivity index (χ2v) is 6.92. The molecular formula is C24H23N3O4. The summed E-state index contributed by atoms with van der Waals surface area (Å²) >= 11 is 0. The smallest absolute Gasteiger partial charge is 0.170 e. The zero-order valence-corrected chi connectivity index (χ0v) is 17.4. The van der Waals surface area contributed by atoms with Crippen LogP contribution in [0.5, 0.6) is 17.2 Å². The van der Waals surface area contributed by atoms with Crippen molar-refractivity contribution in [3.8, 4) is 28.6 Å². The van der Waals surface area contributed by atoms with Gasteiger partial charge in [0.1, 0.15) is 18.2 Å². The SMILES string of the molecule is COc1ccc(OCc2ccc(Cc3cc(-c4cccnc4N)on3)cc2)cc1OC. The molecule has 4 aromatic rings. The van der Waals surface area contributed by atoms with Gasteiger partial charge in [0.2, 0.25) is 0 Å². The van der Waals surface area contributed by atoms with Gasteiger partial charge in [0.05, 0.1) is 25.5 Å². The average molecular weight is 417 g/mol. The predicted octanol–water partition coefficient (Wildman–Crippen LogP) is 4.51. The van der Waals surface area contributed by atoms with E-state index >= 15 is 0 Å². The van der Waals surface area contributed by atoms with Crippen LogP contribution < -0.4 is 19.9 Å². The van der Waals surface area contributed by atoms with Gasteiger partial charge >= 0.3 is 0 Å². The molecule has 0 amide bonds. The minimum Gasteiger partial charge on any atom is -0.493 e. The van der Waals surface area contributed by atoms with Gasteiger partial charge in [-0.1, -0.05) is 29.4 Å². The van der Waals surface area contributed by atoms with Gasteiger partial charge < -0.3 is 24.5 Å². The standard InChI is InChI=1S/C24H23N3O4/c1-28-21-10-9-19(14-23(21)29-2)30-15-17-7-5-16(6-8-17)12-18-13-22(31-27-18)20-4-3-11-26-24(20)25/h3-11,13-14H,12,15H2,1-2H3,(H2,25,26). The number of anilines is 1. The lowest BCUT2D eigenvalue weighted by atomic mass is 10.1. The maximum atomic E-state index is 5.91. The van der Waals surface area contributed by atoms with E-state index < -0.39 is 0 Å². The summed E-state index contributed by atoms with van der Waals surface area (Å²) in [6.07, 6.45) is 2.30. The first-order valence-electron chi connectivity index (χ1n) is 9.75. The van der Waals surface area contributed by atoms with Crippen molar-refractivity contribution in [3.63, 3.8) is 0 Å². The van der Waals surface area contributed by atoms with Gasteiger partial charge in [-0.2, -0.15) is 0 Å². The number of hydrogen-bond donors (Lipinski definition) is 1. The molecule has 2 aromatic heterocycles. The molecule has 0 fully saturated rings. The van der Waals surface area contributed by atoms with Crippen molar-refractivity contribution in [3.05, 3.63) is 83.7 Å². The Morgan fingerprint density at radius 2 is 1.68 bits per heavy atom. The summed E-state index contributed by atoms with van der Waals surface area (Å²) in [5.74, 6) is 3.05. The van der Waals surface area contributed by atoms with Crippen molar-refractivity contribution in [1.29, 1.82) is 0 Å². The molecule has 0 bridgehead atoms. The maximum absolute atomic E-state index is 5.91. The van der Waals surface area contributed by atoms with E-state index in [1.165, 1.54) is 0 Å². The summed E-state index contributed by atoms with van der Waals surface area (Å²) in [5, 5.41) is 4.15. The number of nitrogen functional groups attached to an aromatic ring is 1. The number of ether oxygens (including phenoxy) is 3. The van der Waals surface area contributed by atoms with Crippen LogP contribution in [0.1, 0.15) is 16.8 Å². The van der Waals surface area contributed by atoms with Crippen molar-refractivity contribution >= 4 is 5.82 Å². The summed E-state index contributed by atoms with van der Waals surface area (Å²) in [4.78, 5) is 4.08. The molecule has 0 atom stereocenters. The molecule has 0 aliphatic rings. The van der Waals surface area contributed by atoms with E-state index in [0.29, 0.717) is 41.9 Å². The summed E-state index contributed by atoms with van der Waals surface area (Å²) in [6, 6.07) is 19.2. The highest BCUT2D eigenvalue weighted by Gasteiger charge is 2.11. The molecule has 2 aromatic carbocycles. The van der Waals surface area contributed by atoms with Crippen LogP contribution in [0.3, 0.4) is 0 Å². The monoisotopic (exact) mass is 417 g/mol. The van der Waals surface area contributed by atoms with Gasteiger partial charge in [-0.05, 0) is 35.4 Å². The molecule has 4 rings (SSSR count). The Labute approximate surface area is 180 Å². The summed E-state index contributed by atoms with van der Waals surface area (Å²) in [7, 11) is 3.21. The Balaban J connectivity index is 1.37. The van der Waals surface area contributed by atoms with E-state index in [4.69, 9.17) is 24.5 Å². The Morgan fingerprint density at radius 3 is 2.42 bits per heavy atom. The number of rotatable bonds is 8. The number of nitrogens with zero attached hydrogens (tertiary/aromatic N) is 2. The summed E-state index contributed by atoms with van der Waals surface area (Å²) < 4.78 is 21.9. The average Bonchev–Trinajstić information content (AvgIpc) is 3.27. The van der Waals surface area contributed by atoms with E-state index in [9.17, 15) is 0 Å². The van der Waals surface area contributed by atoms with Gasteiger partial charge in [0, 0.05) is 24.8 Å². The van der Waals surface area contributed by atoms with Crippen molar-refractivity contribution < 1.29 is 18.7 Å². The molecule has 0 unspecified atom stereocenters. The number of aromatic nitrogens is 2. The third kappa shape index (κ3) is 4.78. The largest absolute Gasteiger partial charge is 0.493 e. The van der Waals surface area contributed by atoms with E-state index in [0.717, 1.165) is 22.4 Å². The minimum atomic E-state index is 0.420. The number of nitrogens with two attached hydrogens (primary N) is 1. The number of benzene rings is 2. The number of hydrogen-bond acceptors (Lipinski definition) is 7. The van der Waals surface area contributed by atoms with Crippen LogP contribution in [0.25, 0.3) is 11.3 Å². The highest BCUT2D eigenvalue weighted by atomic mass is 16.5. The Morgan fingerprint density at radius 1 is 0.903 bits per heavy atom. The Kier molecular flexibility index (Phi) is 6.03. The highest BCUT2D eigenvalue weighted by molar-refractivity contribution is 5.69.